The van der Waals surface area contributed by atoms with Crippen LogP contribution >= 0.6 is 0 Å². The van der Waals surface area contributed by atoms with Crippen LogP contribution in [0.15, 0.2) is 135 Å². The van der Waals surface area contributed by atoms with Crippen molar-refractivity contribution >= 4 is 23.9 Å². The van der Waals surface area contributed by atoms with Gasteiger partial charge in [-0.05, 0) is 33.4 Å². The Bertz CT molecular complexity index is 1120. The number of allylic oxidation sites excluding steroid dienone is 2. The second kappa shape index (κ2) is 9.34. The van der Waals surface area contributed by atoms with Crippen molar-refractivity contribution < 1.29 is 0 Å². The average Bonchev–Trinajstić information content (AvgIpc) is 3.13. The van der Waals surface area contributed by atoms with E-state index in [0.717, 1.165) is 0 Å². The molecule has 1 aliphatic carbocycles. The summed E-state index contributed by atoms with van der Waals surface area (Å²) >= 11 is 0. The molecule has 0 aliphatic heterocycles. The molecule has 0 amide bonds. The van der Waals surface area contributed by atoms with Crippen LogP contribution in [0.2, 0.25) is 0 Å². The summed E-state index contributed by atoms with van der Waals surface area (Å²) in [5, 5.41) is 0. The molecule has 0 spiro atoms. The number of rotatable bonds is 6. The molecule has 0 bridgehead atoms. The van der Waals surface area contributed by atoms with Gasteiger partial charge in [-0.15, -0.1) is 13.2 Å². The molecule has 0 saturated heterocycles. The van der Waals surface area contributed by atoms with Crippen molar-refractivity contribution in [1.82, 2.24) is 0 Å². The van der Waals surface area contributed by atoms with Crippen molar-refractivity contribution in [2.24, 2.45) is 0 Å². The van der Waals surface area contributed by atoms with E-state index in [1.54, 1.807) is 0 Å². The quantitative estimate of drug-likeness (QED) is 0.184. The molecule has 0 aromatic heterocycles. The van der Waals surface area contributed by atoms with Crippen LogP contribution in [0.25, 0.3) is 11.1 Å². The summed E-state index contributed by atoms with van der Waals surface area (Å²) in [6.45, 7) is 8.70. The summed E-state index contributed by atoms with van der Waals surface area (Å²) in [6.07, 6.45) is 4.27. The Kier molecular flexibility index (Phi) is 6.52. The van der Waals surface area contributed by atoms with Gasteiger partial charge in [0.05, 0.1) is 0 Å². The van der Waals surface area contributed by atoms with Crippen molar-refractivity contribution in [3.05, 3.63) is 157 Å². The molecule has 5 rings (SSSR count). The second-order valence-electron chi connectivity index (χ2n) is 8.21. The van der Waals surface area contributed by atoms with Gasteiger partial charge in [0.2, 0.25) is 0 Å². The van der Waals surface area contributed by atoms with Gasteiger partial charge in [0.15, 0.2) is 0 Å². The minimum Gasteiger partial charge on any atom is -0.102 e. The van der Waals surface area contributed by atoms with Gasteiger partial charge in [-0.2, -0.15) is 0 Å². The van der Waals surface area contributed by atoms with Crippen LogP contribution in [0.3, 0.4) is 0 Å². The standard InChI is InChI=1S/C31H26.Sn/c1-3-27(23-15-7-5-8-16-23)31(28(4-2)24-17-9-6-10-18-24)29-21-13-11-19-25(29)26-20-12-14-22-30(26)31;/h3-22,27-28H,1-2H2;. The maximum absolute atomic E-state index is 4.35. The van der Waals surface area contributed by atoms with Crippen molar-refractivity contribution in [3.8, 4) is 11.1 Å². The Balaban J connectivity index is 0.00000245. The monoisotopic (exact) mass is 518 g/mol. The first-order valence-corrected chi connectivity index (χ1v) is 10.9. The zero-order valence-corrected chi connectivity index (χ0v) is 21.0. The van der Waals surface area contributed by atoms with Crippen LogP contribution in [0.1, 0.15) is 34.1 Å². The third-order valence-corrected chi connectivity index (χ3v) is 6.81. The molecular formula is C31H26Sn. The predicted octanol–water partition coefficient (Wildman–Crippen LogP) is 7.51. The minimum absolute atomic E-state index is 0. The number of hydrogen-bond acceptors (Lipinski definition) is 0. The molecule has 1 aliphatic rings. The van der Waals surface area contributed by atoms with E-state index in [-0.39, 0.29) is 41.2 Å². The van der Waals surface area contributed by atoms with Crippen LogP contribution < -0.4 is 0 Å². The van der Waals surface area contributed by atoms with Crippen molar-refractivity contribution in [1.29, 1.82) is 0 Å². The zero-order chi connectivity index (χ0) is 21.3. The molecule has 4 aromatic carbocycles. The first kappa shape index (κ1) is 22.4. The van der Waals surface area contributed by atoms with Gasteiger partial charge in [0.1, 0.15) is 0 Å². The topological polar surface area (TPSA) is 0 Å². The van der Waals surface area contributed by atoms with E-state index in [1.165, 1.54) is 33.4 Å². The van der Waals surface area contributed by atoms with E-state index in [2.05, 4.69) is 135 Å². The van der Waals surface area contributed by atoms with Crippen molar-refractivity contribution in [2.75, 3.05) is 0 Å². The molecule has 0 fully saturated rings. The van der Waals surface area contributed by atoms with Crippen molar-refractivity contribution in [3.63, 3.8) is 0 Å². The fourth-order valence-electron chi connectivity index (χ4n) is 5.66. The summed E-state index contributed by atoms with van der Waals surface area (Å²) in [5.74, 6) is 0.170. The molecule has 0 heterocycles. The molecule has 0 saturated carbocycles. The van der Waals surface area contributed by atoms with Crippen LogP contribution in [-0.4, -0.2) is 23.9 Å². The third kappa shape index (κ3) is 3.29. The normalized spacial score (nSPS) is 14.9. The van der Waals surface area contributed by atoms with E-state index >= 15 is 0 Å². The van der Waals surface area contributed by atoms with E-state index in [4.69, 9.17) is 0 Å². The first-order valence-electron chi connectivity index (χ1n) is 10.9. The summed E-state index contributed by atoms with van der Waals surface area (Å²) in [4.78, 5) is 0. The number of hydrogen-bond donors (Lipinski definition) is 0. The van der Waals surface area contributed by atoms with Gasteiger partial charge in [-0.1, -0.05) is 121 Å². The molecule has 4 aromatic rings. The number of benzene rings is 4. The van der Waals surface area contributed by atoms with Crippen LogP contribution in [0.5, 0.6) is 0 Å². The predicted molar refractivity (Wildman–Crippen MR) is 137 cm³/mol. The molecule has 4 radical (unpaired) electrons. The fourth-order valence-corrected chi connectivity index (χ4v) is 5.66. The van der Waals surface area contributed by atoms with E-state index in [1.807, 2.05) is 0 Å². The van der Waals surface area contributed by atoms with Gasteiger partial charge < -0.3 is 0 Å². The molecule has 154 valence electrons. The summed E-state index contributed by atoms with van der Waals surface area (Å²) < 4.78 is 0. The zero-order valence-electron chi connectivity index (χ0n) is 18.1. The molecule has 1 heteroatoms. The second-order valence-corrected chi connectivity index (χ2v) is 8.21. The third-order valence-electron chi connectivity index (χ3n) is 6.81. The van der Waals surface area contributed by atoms with Crippen LogP contribution in [-0.2, 0) is 5.41 Å². The van der Waals surface area contributed by atoms with E-state index < -0.39 is 0 Å². The molecule has 0 nitrogen and oxygen atoms in total. The Morgan fingerprint density at radius 3 is 1.22 bits per heavy atom. The SMILES string of the molecule is C=CC(c1ccccc1)C1(C(C=C)c2ccccc2)c2ccccc2-c2ccccc21.[Sn]. The maximum atomic E-state index is 4.35. The van der Waals surface area contributed by atoms with Crippen molar-refractivity contribution in [2.45, 2.75) is 17.3 Å². The molecule has 2 atom stereocenters. The molecular weight excluding hydrogens is 491 g/mol. The van der Waals surface area contributed by atoms with E-state index in [9.17, 15) is 0 Å². The van der Waals surface area contributed by atoms with Crippen LogP contribution in [0, 0.1) is 0 Å². The Labute approximate surface area is 208 Å². The van der Waals surface area contributed by atoms with Gasteiger partial charge in [-0.3, -0.25) is 0 Å². The van der Waals surface area contributed by atoms with Gasteiger partial charge in [-0.25, -0.2) is 0 Å². The average molecular weight is 517 g/mol. The Morgan fingerprint density at radius 1 is 0.500 bits per heavy atom. The fraction of sp³-hybridized carbons (Fsp3) is 0.0968. The first-order chi connectivity index (χ1) is 15.3. The summed E-state index contributed by atoms with van der Waals surface area (Å²) in [7, 11) is 0. The Morgan fingerprint density at radius 2 is 0.844 bits per heavy atom. The molecule has 2 unspecified atom stereocenters. The van der Waals surface area contributed by atoms with Gasteiger partial charge >= 0.3 is 0 Å². The Hall–Kier alpha value is -2.84. The number of fused-ring (bicyclic) bond motifs is 3. The smallest absolute Gasteiger partial charge is 0.0420 e. The van der Waals surface area contributed by atoms with Gasteiger partial charge in [0.25, 0.3) is 0 Å². The minimum atomic E-state index is -0.334. The molecule has 32 heavy (non-hydrogen) atoms. The van der Waals surface area contributed by atoms with E-state index in [0.29, 0.717) is 0 Å². The maximum Gasteiger partial charge on any atom is 0.0420 e. The summed E-state index contributed by atoms with van der Waals surface area (Å²) in [5.41, 5.74) is 7.52. The largest absolute Gasteiger partial charge is 0.102 e. The van der Waals surface area contributed by atoms with Gasteiger partial charge in [0, 0.05) is 41.2 Å². The molecule has 0 N–H and O–H groups in total. The summed E-state index contributed by atoms with van der Waals surface area (Å²) in [6, 6.07) is 39.3. The van der Waals surface area contributed by atoms with Crippen LogP contribution in [0.4, 0.5) is 0 Å².